The predicted octanol–water partition coefficient (Wildman–Crippen LogP) is 2.42. The quantitative estimate of drug-likeness (QED) is 0.509. The number of nitro groups is 1. The Balaban J connectivity index is 2.36. The van der Waals surface area contributed by atoms with Crippen LogP contribution in [-0.4, -0.2) is 15.9 Å². The molecular formula is C14H9N3O4. The summed E-state index contributed by atoms with van der Waals surface area (Å²) in [6.07, 6.45) is 0. The lowest BCUT2D eigenvalue weighted by atomic mass is 10.1. The topological polar surface area (TPSA) is 116 Å². The molecule has 104 valence electrons. The average Bonchev–Trinajstić information content (AvgIpc) is 2.49. The smallest absolute Gasteiger partial charge is 0.296 e. The third-order valence-electron chi connectivity index (χ3n) is 2.71. The number of anilines is 1. The number of rotatable bonds is 3. The zero-order valence-corrected chi connectivity index (χ0v) is 10.6. The molecule has 0 aliphatic carbocycles. The Hall–Kier alpha value is -3.40. The lowest BCUT2D eigenvalue weighted by Gasteiger charge is -2.08. The largest absolute Gasteiger partial charge is 0.505 e. The van der Waals surface area contributed by atoms with E-state index in [0.717, 1.165) is 0 Å². The highest BCUT2D eigenvalue weighted by molar-refractivity contribution is 6.06. The minimum absolute atomic E-state index is 0.159. The van der Waals surface area contributed by atoms with Gasteiger partial charge in [-0.25, -0.2) is 0 Å². The molecule has 0 fully saturated rings. The van der Waals surface area contributed by atoms with Crippen LogP contribution < -0.4 is 5.32 Å². The molecule has 0 radical (unpaired) electrons. The Morgan fingerprint density at radius 1 is 1.29 bits per heavy atom. The summed E-state index contributed by atoms with van der Waals surface area (Å²) in [6, 6.07) is 11.4. The monoisotopic (exact) mass is 283 g/mol. The average molecular weight is 283 g/mol. The summed E-state index contributed by atoms with van der Waals surface area (Å²) < 4.78 is 0. The number of nitrogens with one attached hydrogen (secondary N) is 1. The fraction of sp³-hybridized carbons (Fsp3) is 0. The second-order valence-corrected chi connectivity index (χ2v) is 4.08. The molecular weight excluding hydrogens is 274 g/mol. The number of hydrogen-bond donors (Lipinski definition) is 2. The van der Waals surface area contributed by atoms with Crippen molar-refractivity contribution >= 4 is 17.3 Å². The van der Waals surface area contributed by atoms with Crippen molar-refractivity contribution in [2.75, 3.05) is 5.32 Å². The van der Waals surface area contributed by atoms with E-state index < -0.39 is 22.3 Å². The van der Waals surface area contributed by atoms with Crippen LogP contribution in [0.5, 0.6) is 5.75 Å². The summed E-state index contributed by atoms with van der Waals surface area (Å²) in [6.45, 7) is 0. The number of nitro benzene ring substituents is 1. The van der Waals surface area contributed by atoms with Gasteiger partial charge in [-0.2, -0.15) is 5.26 Å². The molecule has 0 atom stereocenters. The first-order chi connectivity index (χ1) is 10.0. The minimum Gasteiger partial charge on any atom is -0.505 e. The lowest BCUT2D eigenvalue weighted by molar-refractivity contribution is -0.384. The summed E-state index contributed by atoms with van der Waals surface area (Å²) in [5.74, 6) is -1.06. The summed E-state index contributed by atoms with van der Waals surface area (Å²) in [5.41, 5.74) is -0.254. The molecule has 0 saturated carbocycles. The van der Waals surface area contributed by atoms with Gasteiger partial charge >= 0.3 is 0 Å². The van der Waals surface area contributed by atoms with Crippen molar-refractivity contribution in [3.8, 4) is 11.8 Å². The van der Waals surface area contributed by atoms with E-state index in [-0.39, 0.29) is 16.8 Å². The molecule has 0 unspecified atom stereocenters. The van der Waals surface area contributed by atoms with Crippen LogP contribution in [-0.2, 0) is 0 Å². The predicted molar refractivity (Wildman–Crippen MR) is 73.9 cm³/mol. The number of phenols is 1. The molecule has 0 aliphatic rings. The number of nitrogens with zero attached hydrogens (tertiary/aromatic N) is 2. The van der Waals surface area contributed by atoms with E-state index >= 15 is 0 Å². The molecule has 0 saturated heterocycles. The first-order valence-corrected chi connectivity index (χ1v) is 5.81. The summed E-state index contributed by atoms with van der Waals surface area (Å²) in [7, 11) is 0. The maximum Gasteiger partial charge on any atom is 0.296 e. The molecule has 0 aliphatic heterocycles. The van der Waals surface area contributed by atoms with Gasteiger partial charge in [0.25, 0.3) is 11.6 Å². The van der Waals surface area contributed by atoms with Gasteiger partial charge in [0.15, 0.2) is 5.69 Å². The number of carbonyl (C=O) groups is 1. The van der Waals surface area contributed by atoms with Crippen molar-refractivity contribution in [3.63, 3.8) is 0 Å². The first kappa shape index (κ1) is 14.0. The van der Waals surface area contributed by atoms with Crippen molar-refractivity contribution in [2.24, 2.45) is 0 Å². The Morgan fingerprint density at radius 2 is 2.00 bits per heavy atom. The number of benzene rings is 2. The molecule has 2 rings (SSSR count). The van der Waals surface area contributed by atoms with Crippen LogP contribution in [0.2, 0.25) is 0 Å². The highest BCUT2D eigenvalue weighted by Crippen LogP contribution is 2.33. The number of amides is 1. The number of para-hydroxylation sites is 1. The summed E-state index contributed by atoms with van der Waals surface area (Å²) in [5, 5.41) is 31.6. The van der Waals surface area contributed by atoms with Crippen molar-refractivity contribution in [3.05, 3.63) is 63.7 Å². The van der Waals surface area contributed by atoms with E-state index in [1.165, 1.54) is 42.5 Å². The maximum atomic E-state index is 12.1. The van der Waals surface area contributed by atoms with Gasteiger partial charge in [0.05, 0.1) is 16.6 Å². The lowest BCUT2D eigenvalue weighted by Crippen LogP contribution is -2.13. The molecule has 0 bridgehead atoms. The van der Waals surface area contributed by atoms with Gasteiger partial charge in [-0.05, 0) is 24.3 Å². The fourth-order valence-electron chi connectivity index (χ4n) is 1.72. The van der Waals surface area contributed by atoms with Crippen LogP contribution in [0.1, 0.15) is 15.9 Å². The van der Waals surface area contributed by atoms with Gasteiger partial charge in [0.1, 0.15) is 5.75 Å². The van der Waals surface area contributed by atoms with Gasteiger partial charge in [-0.1, -0.05) is 12.1 Å². The SMILES string of the molecule is N#Cc1cccc(C(=O)Nc2c(O)cccc2[N+](=O)[O-])c1. The molecule has 7 nitrogen and oxygen atoms in total. The van der Waals surface area contributed by atoms with E-state index in [4.69, 9.17) is 5.26 Å². The van der Waals surface area contributed by atoms with Crippen LogP contribution in [0.4, 0.5) is 11.4 Å². The van der Waals surface area contributed by atoms with E-state index in [1.54, 1.807) is 0 Å². The van der Waals surface area contributed by atoms with Gasteiger partial charge in [0, 0.05) is 11.6 Å². The van der Waals surface area contributed by atoms with Gasteiger partial charge in [-0.15, -0.1) is 0 Å². The summed E-state index contributed by atoms with van der Waals surface area (Å²) in [4.78, 5) is 22.2. The molecule has 7 heteroatoms. The molecule has 0 heterocycles. The first-order valence-electron chi connectivity index (χ1n) is 5.81. The van der Waals surface area contributed by atoms with Crippen molar-refractivity contribution in [2.45, 2.75) is 0 Å². The van der Waals surface area contributed by atoms with Crippen LogP contribution in [0.15, 0.2) is 42.5 Å². The molecule has 1 amide bonds. The van der Waals surface area contributed by atoms with E-state index in [9.17, 15) is 20.0 Å². The number of hydrogen-bond acceptors (Lipinski definition) is 5. The fourth-order valence-corrected chi connectivity index (χ4v) is 1.72. The number of phenolic OH excluding ortho intramolecular Hbond substituents is 1. The zero-order chi connectivity index (χ0) is 15.4. The van der Waals surface area contributed by atoms with E-state index in [0.29, 0.717) is 0 Å². The molecule has 0 aromatic heterocycles. The molecule has 2 aromatic rings. The minimum atomic E-state index is -0.707. The second-order valence-electron chi connectivity index (χ2n) is 4.08. The van der Waals surface area contributed by atoms with Gasteiger partial charge < -0.3 is 10.4 Å². The third kappa shape index (κ3) is 2.96. The number of carbonyl (C=O) groups excluding carboxylic acids is 1. The molecule has 2 aromatic carbocycles. The van der Waals surface area contributed by atoms with Gasteiger partial charge in [-0.3, -0.25) is 14.9 Å². The highest BCUT2D eigenvalue weighted by atomic mass is 16.6. The molecule has 2 N–H and O–H groups in total. The van der Waals surface area contributed by atoms with E-state index in [2.05, 4.69) is 5.32 Å². The molecule has 21 heavy (non-hydrogen) atoms. The zero-order valence-electron chi connectivity index (χ0n) is 10.6. The third-order valence-corrected chi connectivity index (χ3v) is 2.71. The Labute approximate surface area is 119 Å². The second kappa shape index (κ2) is 5.71. The molecule has 0 spiro atoms. The number of nitriles is 1. The van der Waals surface area contributed by atoms with Gasteiger partial charge in [0.2, 0.25) is 0 Å². The Morgan fingerprint density at radius 3 is 2.67 bits per heavy atom. The number of aromatic hydroxyl groups is 1. The van der Waals surface area contributed by atoms with Crippen molar-refractivity contribution in [1.29, 1.82) is 5.26 Å². The van der Waals surface area contributed by atoms with E-state index in [1.807, 2.05) is 6.07 Å². The maximum absolute atomic E-state index is 12.1. The van der Waals surface area contributed by atoms with Crippen LogP contribution in [0.3, 0.4) is 0 Å². The highest BCUT2D eigenvalue weighted by Gasteiger charge is 2.20. The Bertz CT molecular complexity index is 765. The van der Waals surface area contributed by atoms with Crippen molar-refractivity contribution < 1.29 is 14.8 Å². The summed E-state index contributed by atoms with van der Waals surface area (Å²) >= 11 is 0. The Kier molecular flexibility index (Phi) is 3.81. The van der Waals surface area contributed by atoms with Crippen LogP contribution in [0, 0.1) is 21.4 Å². The standard InChI is InChI=1S/C14H9N3O4/c15-8-9-3-1-4-10(7-9)14(19)16-13-11(17(20)21)5-2-6-12(13)18/h1-7,18H,(H,16,19). The van der Waals surface area contributed by atoms with Crippen molar-refractivity contribution in [1.82, 2.24) is 0 Å². The van der Waals surface area contributed by atoms with Crippen LogP contribution in [0.25, 0.3) is 0 Å². The van der Waals surface area contributed by atoms with Crippen LogP contribution >= 0.6 is 0 Å². The normalized spacial score (nSPS) is 9.67.